The molecule has 1 aliphatic heterocycles. The van der Waals surface area contributed by atoms with Gasteiger partial charge in [0.15, 0.2) is 0 Å². The van der Waals surface area contributed by atoms with Gasteiger partial charge in [0.25, 0.3) is 5.91 Å². The summed E-state index contributed by atoms with van der Waals surface area (Å²) in [4.78, 5) is 23.9. The quantitative estimate of drug-likeness (QED) is 0.738. The molecular weight excluding hydrogens is 352 g/mol. The van der Waals surface area contributed by atoms with Crippen LogP contribution < -0.4 is 10.2 Å². The summed E-state index contributed by atoms with van der Waals surface area (Å²) >= 11 is 6.17. The van der Waals surface area contributed by atoms with E-state index in [1.165, 1.54) is 12.7 Å². The van der Waals surface area contributed by atoms with E-state index in [9.17, 15) is 4.79 Å². The molecular formula is C19H19ClN4O2. The topological polar surface area (TPSA) is 71.3 Å². The van der Waals surface area contributed by atoms with Crippen molar-refractivity contribution in [2.45, 2.75) is 26.2 Å². The van der Waals surface area contributed by atoms with Crippen LogP contribution in [0.5, 0.6) is 0 Å². The molecule has 0 atom stereocenters. The third-order valence-corrected chi connectivity index (χ3v) is 4.98. The minimum Gasteiger partial charge on any atom is -0.442 e. The summed E-state index contributed by atoms with van der Waals surface area (Å²) in [5.41, 5.74) is 1.45. The molecule has 0 aliphatic carbocycles. The first-order valence-corrected chi connectivity index (χ1v) is 9.08. The fourth-order valence-corrected chi connectivity index (χ4v) is 3.58. The minimum atomic E-state index is -0.276. The number of aryl methyl sites for hydroxylation is 1. The molecule has 1 aliphatic rings. The van der Waals surface area contributed by atoms with E-state index < -0.39 is 0 Å². The van der Waals surface area contributed by atoms with Crippen LogP contribution in [-0.4, -0.2) is 29.0 Å². The smallest absolute Gasteiger partial charge is 0.260 e. The van der Waals surface area contributed by atoms with Gasteiger partial charge in [-0.25, -0.2) is 9.97 Å². The molecule has 26 heavy (non-hydrogen) atoms. The monoisotopic (exact) mass is 370 g/mol. The molecule has 1 saturated heterocycles. The highest BCUT2D eigenvalue weighted by molar-refractivity contribution is 6.34. The zero-order valence-corrected chi connectivity index (χ0v) is 15.2. The molecule has 0 radical (unpaired) electrons. The number of carbonyl (C=O) groups is 1. The largest absolute Gasteiger partial charge is 0.442 e. The Morgan fingerprint density at radius 3 is 2.73 bits per heavy atom. The molecule has 0 unspecified atom stereocenters. The van der Waals surface area contributed by atoms with Crippen LogP contribution in [0.3, 0.4) is 0 Å². The zero-order chi connectivity index (χ0) is 18.1. The molecule has 2 aromatic heterocycles. The Bertz CT molecular complexity index is 963. The third-order valence-electron chi connectivity index (χ3n) is 4.65. The molecule has 6 nitrogen and oxygen atoms in total. The number of furan rings is 1. The summed E-state index contributed by atoms with van der Waals surface area (Å²) in [5, 5.41) is 4.02. The summed E-state index contributed by atoms with van der Waals surface area (Å²) in [7, 11) is 0. The average molecular weight is 371 g/mol. The van der Waals surface area contributed by atoms with Crippen molar-refractivity contribution in [3.05, 3.63) is 46.9 Å². The molecule has 0 bridgehead atoms. The van der Waals surface area contributed by atoms with Crippen LogP contribution in [-0.2, 0) is 0 Å². The Morgan fingerprint density at radius 1 is 1.19 bits per heavy atom. The number of aromatic nitrogens is 2. The summed E-state index contributed by atoms with van der Waals surface area (Å²) in [6.07, 6.45) is 4.94. The number of rotatable bonds is 3. The predicted octanol–water partition coefficient (Wildman–Crippen LogP) is 4.43. The van der Waals surface area contributed by atoms with Gasteiger partial charge in [0.2, 0.25) is 5.71 Å². The van der Waals surface area contributed by atoms with Crippen LogP contribution in [0.4, 0.5) is 11.5 Å². The molecule has 0 spiro atoms. The van der Waals surface area contributed by atoms with E-state index in [1.54, 1.807) is 19.1 Å². The second kappa shape index (κ2) is 6.96. The van der Waals surface area contributed by atoms with Crippen molar-refractivity contribution in [3.63, 3.8) is 0 Å². The number of anilines is 2. The van der Waals surface area contributed by atoms with Crippen LogP contribution in [0.2, 0.25) is 5.02 Å². The number of nitrogens with zero attached hydrogens (tertiary/aromatic N) is 3. The van der Waals surface area contributed by atoms with Gasteiger partial charge in [0, 0.05) is 13.1 Å². The molecule has 134 valence electrons. The highest BCUT2D eigenvalue weighted by Crippen LogP contribution is 2.33. The lowest BCUT2D eigenvalue weighted by Gasteiger charge is -2.28. The zero-order valence-electron chi connectivity index (χ0n) is 14.5. The molecule has 4 rings (SSSR count). The molecule has 1 fully saturated rings. The van der Waals surface area contributed by atoms with Gasteiger partial charge in [0.1, 0.15) is 17.9 Å². The maximum atomic E-state index is 13.0. The highest BCUT2D eigenvalue weighted by Gasteiger charge is 2.26. The first kappa shape index (κ1) is 16.8. The summed E-state index contributed by atoms with van der Waals surface area (Å²) in [5.74, 6) is 1.00. The number of carbonyl (C=O) groups excluding carboxylic acids is 1. The normalized spacial score (nSPS) is 14.6. The molecule has 0 saturated carbocycles. The van der Waals surface area contributed by atoms with Gasteiger partial charge < -0.3 is 14.6 Å². The van der Waals surface area contributed by atoms with Crippen molar-refractivity contribution in [1.29, 1.82) is 0 Å². The number of nitrogens with one attached hydrogen (secondary N) is 1. The molecule has 1 N–H and O–H groups in total. The number of piperidine rings is 1. The van der Waals surface area contributed by atoms with Crippen LogP contribution in [0.25, 0.3) is 11.1 Å². The Labute approximate surface area is 156 Å². The van der Waals surface area contributed by atoms with E-state index in [0.29, 0.717) is 33.1 Å². The first-order valence-electron chi connectivity index (χ1n) is 8.70. The second-order valence-corrected chi connectivity index (χ2v) is 6.80. The lowest BCUT2D eigenvalue weighted by Crippen LogP contribution is -2.30. The molecule has 3 heterocycles. The minimum absolute atomic E-state index is 0.276. The molecule has 7 heteroatoms. The average Bonchev–Trinajstić information content (AvgIpc) is 3.00. The van der Waals surface area contributed by atoms with Gasteiger partial charge in [-0.15, -0.1) is 0 Å². The van der Waals surface area contributed by atoms with Crippen molar-refractivity contribution in [3.8, 4) is 0 Å². The molecule has 1 amide bonds. The van der Waals surface area contributed by atoms with Crippen LogP contribution >= 0.6 is 11.6 Å². The Kier molecular flexibility index (Phi) is 4.51. The van der Waals surface area contributed by atoms with E-state index in [-0.39, 0.29) is 5.91 Å². The number of hydrogen-bond donors (Lipinski definition) is 1. The van der Waals surface area contributed by atoms with Gasteiger partial charge in [-0.05, 0) is 38.3 Å². The van der Waals surface area contributed by atoms with Crippen molar-refractivity contribution in [2.75, 3.05) is 23.3 Å². The number of benzene rings is 1. The summed E-state index contributed by atoms with van der Waals surface area (Å²) < 4.78 is 5.75. The van der Waals surface area contributed by atoms with Crippen molar-refractivity contribution < 1.29 is 9.21 Å². The van der Waals surface area contributed by atoms with E-state index in [1.807, 2.05) is 12.1 Å². The van der Waals surface area contributed by atoms with Crippen molar-refractivity contribution in [2.24, 2.45) is 0 Å². The van der Waals surface area contributed by atoms with E-state index >= 15 is 0 Å². The number of hydrogen-bond acceptors (Lipinski definition) is 5. The predicted molar refractivity (Wildman–Crippen MR) is 102 cm³/mol. The van der Waals surface area contributed by atoms with E-state index in [0.717, 1.165) is 31.7 Å². The number of para-hydroxylation sites is 1. The Balaban J connectivity index is 1.78. The summed E-state index contributed by atoms with van der Waals surface area (Å²) in [6, 6.07) is 7.14. The fourth-order valence-electron chi connectivity index (χ4n) is 3.40. The number of amides is 1. The van der Waals surface area contributed by atoms with E-state index in [2.05, 4.69) is 20.2 Å². The van der Waals surface area contributed by atoms with Gasteiger partial charge in [-0.3, -0.25) is 4.79 Å². The Morgan fingerprint density at radius 2 is 1.96 bits per heavy atom. The Hall–Kier alpha value is -2.60. The lowest BCUT2D eigenvalue weighted by molar-refractivity contribution is 0.102. The van der Waals surface area contributed by atoms with Crippen molar-refractivity contribution >= 4 is 40.1 Å². The maximum Gasteiger partial charge on any atom is 0.260 e. The highest BCUT2D eigenvalue weighted by atomic mass is 35.5. The molecule has 3 aromatic rings. The van der Waals surface area contributed by atoms with E-state index in [4.69, 9.17) is 16.0 Å². The number of fused-ring (bicyclic) bond motifs is 1. The van der Waals surface area contributed by atoms with Crippen LogP contribution in [0.1, 0.15) is 35.4 Å². The van der Waals surface area contributed by atoms with Crippen molar-refractivity contribution in [1.82, 2.24) is 9.97 Å². The first-order chi connectivity index (χ1) is 12.6. The molecule has 1 aromatic carbocycles. The van der Waals surface area contributed by atoms with Gasteiger partial charge >= 0.3 is 0 Å². The fraction of sp³-hybridized carbons (Fsp3) is 0.316. The van der Waals surface area contributed by atoms with Crippen LogP contribution in [0, 0.1) is 6.92 Å². The third kappa shape index (κ3) is 3.01. The SMILES string of the molecule is Cc1oc2ncnc(N3CCCCC3)c2c1C(=O)Nc1ccccc1Cl. The summed E-state index contributed by atoms with van der Waals surface area (Å²) in [6.45, 7) is 3.60. The number of halogens is 1. The maximum absolute atomic E-state index is 13.0. The van der Waals surface area contributed by atoms with Gasteiger partial charge in [-0.1, -0.05) is 23.7 Å². The lowest BCUT2D eigenvalue weighted by atomic mass is 10.1. The standard InChI is InChI=1S/C19H19ClN4O2/c1-12-15(18(25)23-14-8-4-3-7-13(14)20)16-17(21-11-22-19(16)26-12)24-9-5-2-6-10-24/h3-4,7-8,11H,2,5-6,9-10H2,1H3,(H,23,25). The van der Waals surface area contributed by atoms with Crippen LogP contribution in [0.15, 0.2) is 35.0 Å². The second-order valence-electron chi connectivity index (χ2n) is 6.39. The van der Waals surface area contributed by atoms with Gasteiger partial charge in [-0.2, -0.15) is 0 Å². The van der Waals surface area contributed by atoms with Gasteiger partial charge in [0.05, 0.1) is 21.7 Å².